The van der Waals surface area contributed by atoms with E-state index in [1.807, 2.05) is 244 Å². The fourth-order valence-corrected chi connectivity index (χ4v) is 12.1. The van der Waals surface area contributed by atoms with E-state index in [0.717, 1.165) is 78.4 Å². The van der Waals surface area contributed by atoms with Crippen molar-refractivity contribution in [1.82, 2.24) is 9.97 Å². The van der Waals surface area contributed by atoms with Crippen molar-refractivity contribution < 1.29 is 54.8 Å². The van der Waals surface area contributed by atoms with Gasteiger partial charge in [0.15, 0.2) is 23.0 Å². The fraction of sp³-hybridized carbons (Fsp3) is 0.115. The lowest BCUT2D eigenvalue weighted by molar-refractivity contribution is -0.275. The molecule has 0 unspecified atom stereocenters. The number of fused-ring (bicyclic) bond motifs is 1. The number of para-hydroxylation sites is 1. The minimum atomic E-state index is -4.69. The first-order valence-electron chi connectivity index (χ1n) is 46.2. The Bertz CT molecular complexity index is 6950. The van der Waals surface area contributed by atoms with Gasteiger partial charge < -0.3 is 29.0 Å². The summed E-state index contributed by atoms with van der Waals surface area (Å²) in [6.45, 7) is 22.4. The number of nitrogens with one attached hydrogen (secondary N) is 1. The predicted molar refractivity (Wildman–Crippen MR) is 578 cm³/mol. The monoisotopic (exact) mass is 1920 g/mol. The van der Waals surface area contributed by atoms with Gasteiger partial charge >= 0.3 is 12.7 Å². The quantitative estimate of drug-likeness (QED) is 0.0957. The summed E-state index contributed by atoms with van der Waals surface area (Å²) in [5.41, 5.74) is 26.7. The van der Waals surface area contributed by atoms with Gasteiger partial charge in [0.25, 0.3) is 5.91 Å². The first kappa shape index (κ1) is 110. The SMILES string of the molecule is COc1ccc(C)cc1OC(F)(F)F.Cc1ccc(/C=C/c2ccccc2)cc1.Cc1ccc(C#CC#Cc2ccccc2)cc1.Cc1ccc(C#Cc2ccc(C)cc2)cc1.Cc1ccc(C#Cc2ccccc2)cc1.Cc1ccc(C#Cc2ccccc2)cc1.Cc1ccc(C#Cc2cnccn2)cc1.Cc1ccc(C(=O)Nc2ccccc2)cc1.Cc1ccc(OC(F)(F)F)cc1.Cc1ccc2c(c1)OCO2. The standard InChI is InChI=1S/C17H12.C16H14.C15H14.2C15H12.C14H13NO.C13H10N2.C9H9F3O2.C8H7F3O.C8H8O2/c1-15-11-13-17(14-12-15)10-6-5-9-16-7-3-2-4-8-16;1-13-3-7-15(8-4-13)11-12-16-9-5-14(2)6-10-16;3*1-13-7-9-15(10-8-13)12-11-14-5-3-2-4-6-14;1-11-7-9-12(10-8-11)14(16)15-13-5-3-2-4-6-13;1-11-2-4-12(5-3-11)6-7-13-10-14-8-9-15-13;1-6-3-4-7(13-2)8(5-6)14-9(10,11)12;1-6-2-4-7(5-3-6)12-8(9,10)11;1-6-2-3-7-8(4-6)10-5-9-7/h2-4,7-8,11-14H,1H3;3-10H,1-2H3;2-12H,1H3;2*2-10H,1H3;2-10H,1H3,(H,15,16);2-5,8-10H,1H3;3-5H,1-2H3;2-5H,1H3;2-4H,5H2,1H3/b;;12-11+;;;;;;;. The summed E-state index contributed by atoms with van der Waals surface area (Å²) in [6.07, 6.45) is -0.104. The van der Waals surface area contributed by atoms with Gasteiger partial charge in [-0.15, -0.1) is 26.3 Å². The van der Waals surface area contributed by atoms with Gasteiger partial charge in [-0.3, -0.25) is 9.78 Å². The average molecular weight is 1930 g/mol. The third kappa shape index (κ3) is 46.4. The molecule has 0 spiro atoms. The van der Waals surface area contributed by atoms with E-state index in [0.29, 0.717) is 23.6 Å². The summed E-state index contributed by atoms with van der Waals surface area (Å²) < 4.78 is 93.0. The number of carbonyl (C=O) groups is 1. The molecule has 15 heteroatoms. The number of hydrogen-bond acceptors (Lipinski definition) is 8. The second-order valence-corrected chi connectivity index (χ2v) is 32.6. The summed E-state index contributed by atoms with van der Waals surface area (Å²) in [6, 6.07) is 131. The molecule has 9 nitrogen and oxygen atoms in total. The number of halogens is 6. The van der Waals surface area contributed by atoms with Crippen LogP contribution in [0.4, 0.5) is 32.0 Å². The average Bonchev–Trinajstić information content (AvgIpc) is 1.83. The van der Waals surface area contributed by atoms with Crippen LogP contribution in [-0.2, 0) is 0 Å². The van der Waals surface area contributed by atoms with E-state index in [4.69, 9.17) is 14.2 Å². The third-order valence-corrected chi connectivity index (χ3v) is 20.1. The lowest BCUT2D eigenvalue weighted by Gasteiger charge is -2.12. The molecule has 18 rings (SSSR count). The lowest BCUT2D eigenvalue weighted by Crippen LogP contribution is -2.17. The third-order valence-electron chi connectivity index (χ3n) is 20.1. The van der Waals surface area contributed by atoms with Crippen molar-refractivity contribution in [2.75, 3.05) is 19.2 Å². The zero-order valence-corrected chi connectivity index (χ0v) is 82.9. The summed E-state index contributed by atoms with van der Waals surface area (Å²) in [4.78, 5) is 19.8. The second-order valence-electron chi connectivity index (χ2n) is 32.6. The molecule has 0 saturated heterocycles. The predicted octanol–water partition coefficient (Wildman–Crippen LogP) is 31.0. The fourth-order valence-electron chi connectivity index (χ4n) is 12.1. The highest BCUT2D eigenvalue weighted by Crippen LogP contribution is 2.34. The first-order chi connectivity index (χ1) is 70.0. The van der Waals surface area contributed by atoms with E-state index >= 15 is 0 Å². The molecule has 0 bridgehead atoms. The Morgan fingerprint density at radius 1 is 0.303 bits per heavy atom. The molecule has 1 aromatic heterocycles. The molecule has 0 fully saturated rings. The van der Waals surface area contributed by atoms with E-state index in [-0.39, 0.29) is 23.2 Å². The number of aromatic nitrogens is 2. The minimum Gasteiger partial charge on any atom is -0.493 e. The maximum absolute atomic E-state index is 11.9. The Kier molecular flexibility index (Phi) is 46.1. The zero-order chi connectivity index (χ0) is 104. The molecular formula is C130H111F6N3O6. The van der Waals surface area contributed by atoms with E-state index in [2.05, 4.69) is 290 Å². The van der Waals surface area contributed by atoms with Gasteiger partial charge in [0.2, 0.25) is 6.79 Å². The molecule has 1 amide bonds. The van der Waals surface area contributed by atoms with Crippen LogP contribution in [0.3, 0.4) is 0 Å². The van der Waals surface area contributed by atoms with Crippen LogP contribution < -0.4 is 29.0 Å². The van der Waals surface area contributed by atoms with Gasteiger partial charge in [-0.25, -0.2) is 4.98 Å². The van der Waals surface area contributed by atoms with Crippen molar-refractivity contribution >= 4 is 23.7 Å². The Labute approximate surface area is 849 Å². The molecule has 0 aliphatic carbocycles. The highest BCUT2D eigenvalue weighted by atomic mass is 19.4. The van der Waals surface area contributed by atoms with E-state index in [1.165, 1.54) is 87.0 Å². The highest BCUT2D eigenvalue weighted by Gasteiger charge is 2.33. The topological polar surface area (TPSA) is 101 Å². The molecule has 145 heavy (non-hydrogen) atoms. The number of nitrogens with zero attached hydrogens (tertiary/aromatic N) is 2. The number of hydrogen-bond donors (Lipinski definition) is 1. The van der Waals surface area contributed by atoms with E-state index < -0.39 is 12.7 Å². The first-order valence-corrected chi connectivity index (χ1v) is 46.2. The van der Waals surface area contributed by atoms with Crippen LogP contribution in [-0.4, -0.2) is 42.5 Å². The smallest absolute Gasteiger partial charge is 0.493 e. The lowest BCUT2D eigenvalue weighted by atomic mass is 10.1. The number of aryl methyl sites for hydroxylation is 11. The number of benzene rings is 16. The van der Waals surface area contributed by atoms with Gasteiger partial charge in [-0.1, -0.05) is 352 Å². The van der Waals surface area contributed by atoms with Crippen LogP contribution >= 0.6 is 0 Å². The number of methoxy groups -OCH3 is 1. The van der Waals surface area contributed by atoms with Crippen LogP contribution in [0.25, 0.3) is 12.2 Å². The Morgan fingerprint density at radius 3 is 0.979 bits per heavy atom. The summed E-state index contributed by atoms with van der Waals surface area (Å²) >= 11 is 0. The Balaban J connectivity index is 0.000000180. The Hall–Kier alpha value is -18.3. The van der Waals surface area contributed by atoms with E-state index in [1.54, 1.807) is 50.6 Å². The molecule has 17 aromatic rings. The van der Waals surface area contributed by atoms with Crippen molar-refractivity contribution in [2.24, 2.45) is 0 Å². The maximum Gasteiger partial charge on any atom is 0.573 e. The van der Waals surface area contributed by atoms with Crippen LogP contribution in [0.5, 0.6) is 28.7 Å². The van der Waals surface area contributed by atoms with Crippen molar-refractivity contribution in [3.05, 3.63) is 559 Å². The zero-order valence-electron chi connectivity index (χ0n) is 82.9. The number of anilines is 1. The van der Waals surface area contributed by atoms with Crippen LogP contribution in [0, 0.1) is 147 Å². The summed E-state index contributed by atoms with van der Waals surface area (Å²) in [7, 11) is 1.29. The molecule has 2 heterocycles. The van der Waals surface area contributed by atoms with Crippen LogP contribution in [0.15, 0.2) is 425 Å². The number of amides is 1. The van der Waals surface area contributed by atoms with Crippen molar-refractivity contribution in [3.8, 4) is 99.8 Å². The van der Waals surface area contributed by atoms with Crippen LogP contribution in [0.2, 0.25) is 0 Å². The molecule has 0 radical (unpaired) electrons. The number of carbonyl (C=O) groups excluding carboxylic acids is 1. The molecule has 1 aliphatic rings. The molecule has 16 aromatic carbocycles. The summed E-state index contributed by atoms with van der Waals surface area (Å²) in [5, 5.41) is 2.84. The molecule has 724 valence electrons. The van der Waals surface area contributed by atoms with Gasteiger partial charge in [0.1, 0.15) is 11.4 Å². The molecule has 1 N–H and O–H groups in total. The summed E-state index contributed by atoms with van der Waals surface area (Å²) in [5.74, 6) is 37.8. The van der Waals surface area contributed by atoms with E-state index in [9.17, 15) is 31.1 Å². The normalized spacial score (nSPS) is 10.0. The minimum absolute atomic E-state index is 0.0629. The molecule has 1 aliphatic heterocycles. The maximum atomic E-state index is 11.9. The molecule has 0 saturated carbocycles. The van der Waals surface area contributed by atoms with Crippen molar-refractivity contribution in [2.45, 2.75) is 88.9 Å². The van der Waals surface area contributed by atoms with Gasteiger partial charge in [0.05, 0.1) is 13.3 Å². The van der Waals surface area contributed by atoms with Crippen molar-refractivity contribution in [3.63, 3.8) is 0 Å². The van der Waals surface area contributed by atoms with Crippen molar-refractivity contribution in [1.29, 1.82) is 0 Å². The Morgan fingerprint density at radius 2 is 0.607 bits per heavy atom. The largest absolute Gasteiger partial charge is 0.573 e. The second kappa shape index (κ2) is 60.6. The highest BCUT2D eigenvalue weighted by molar-refractivity contribution is 6.04. The number of ether oxygens (including phenoxy) is 5. The molecule has 0 atom stereocenters. The number of alkyl halides is 6. The number of rotatable bonds is 7. The van der Waals surface area contributed by atoms with Crippen LogP contribution in [0.1, 0.15) is 138 Å². The molecular weight excluding hydrogens is 1810 g/mol. The van der Waals surface area contributed by atoms with Gasteiger partial charge in [-0.05, 0) is 286 Å². The van der Waals surface area contributed by atoms with Gasteiger partial charge in [-0.2, -0.15) is 0 Å². The van der Waals surface area contributed by atoms with Gasteiger partial charge in [0, 0.05) is 73.7 Å².